The second-order valence-electron chi connectivity index (χ2n) is 3.87. The van der Waals surface area contributed by atoms with Gasteiger partial charge in [-0.15, -0.1) is 0 Å². The molecule has 5 heteroatoms. The molecule has 0 aliphatic rings. The van der Waals surface area contributed by atoms with E-state index >= 15 is 0 Å². The predicted molar refractivity (Wildman–Crippen MR) is 78.8 cm³/mol. The lowest BCUT2D eigenvalue weighted by Crippen LogP contribution is -2.04. The predicted octanol–water partition coefficient (Wildman–Crippen LogP) is 3.47. The number of halogens is 1. The largest absolute Gasteiger partial charge is 0.493 e. The van der Waals surface area contributed by atoms with Gasteiger partial charge in [0.1, 0.15) is 5.82 Å². The number of methoxy groups -OCH3 is 2. The number of rotatable bonds is 5. The fourth-order valence-electron chi connectivity index (χ4n) is 1.76. The number of pyridine rings is 1. The molecule has 0 bridgehead atoms. The number of nitrogens with one attached hydrogen (secondary N) is 1. The van der Waals surface area contributed by atoms with Crippen LogP contribution in [-0.4, -0.2) is 19.2 Å². The molecule has 19 heavy (non-hydrogen) atoms. The van der Waals surface area contributed by atoms with Crippen LogP contribution in [0.4, 0.5) is 5.82 Å². The molecule has 1 aromatic carbocycles. The molecular formula is C14H15BrN2O2. The lowest BCUT2D eigenvalue weighted by atomic mass is 10.2. The van der Waals surface area contributed by atoms with Gasteiger partial charge in [0.15, 0.2) is 11.5 Å². The van der Waals surface area contributed by atoms with Gasteiger partial charge in [-0.05, 0) is 34.1 Å². The van der Waals surface area contributed by atoms with Crippen LogP contribution < -0.4 is 14.8 Å². The molecule has 0 aliphatic heterocycles. The number of benzene rings is 1. The highest BCUT2D eigenvalue weighted by molar-refractivity contribution is 9.10. The Morgan fingerprint density at radius 2 is 2.00 bits per heavy atom. The van der Waals surface area contributed by atoms with Gasteiger partial charge in [0, 0.05) is 22.8 Å². The number of nitrogens with zero attached hydrogens (tertiary/aromatic N) is 1. The zero-order chi connectivity index (χ0) is 13.7. The van der Waals surface area contributed by atoms with Crippen LogP contribution in [0.15, 0.2) is 41.0 Å². The standard InChI is InChI=1S/C14H15BrN2O2/c1-18-12-5-3-4-10(14(12)19-2)8-16-13-7-6-11(15)9-17-13/h3-7,9H,8H2,1-2H3,(H,16,17). The van der Waals surface area contributed by atoms with E-state index in [0.717, 1.165) is 27.4 Å². The number of para-hydroxylation sites is 1. The highest BCUT2D eigenvalue weighted by Crippen LogP contribution is 2.30. The number of aromatic nitrogens is 1. The molecule has 0 aliphatic carbocycles. The van der Waals surface area contributed by atoms with Crippen LogP contribution in [-0.2, 0) is 6.54 Å². The monoisotopic (exact) mass is 322 g/mol. The third-order valence-corrected chi connectivity index (χ3v) is 3.14. The summed E-state index contributed by atoms with van der Waals surface area (Å²) in [5.41, 5.74) is 1.02. The van der Waals surface area contributed by atoms with Crippen molar-refractivity contribution in [2.75, 3.05) is 19.5 Å². The van der Waals surface area contributed by atoms with Gasteiger partial charge < -0.3 is 14.8 Å². The van der Waals surface area contributed by atoms with Crippen LogP contribution >= 0.6 is 15.9 Å². The Labute approximate surface area is 120 Å². The molecule has 0 saturated carbocycles. The van der Waals surface area contributed by atoms with E-state index in [1.165, 1.54) is 0 Å². The van der Waals surface area contributed by atoms with Crippen molar-refractivity contribution in [3.05, 3.63) is 46.6 Å². The molecule has 0 fully saturated rings. The number of ether oxygens (including phenoxy) is 2. The normalized spacial score (nSPS) is 10.1. The topological polar surface area (TPSA) is 43.4 Å². The summed E-state index contributed by atoms with van der Waals surface area (Å²) in [5, 5.41) is 3.25. The smallest absolute Gasteiger partial charge is 0.165 e. The second-order valence-corrected chi connectivity index (χ2v) is 4.78. The van der Waals surface area contributed by atoms with Crippen molar-refractivity contribution in [3.8, 4) is 11.5 Å². The van der Waals surface area contributed by atoms with Crippen LogP contribution in [0.3, 0.4) is 0 Å². The quantitative estimate of drug-likeness (QED) is 0.915. The Balaban J connectivity index is 2.13. The second kappa shape index (κ2) is 6.43. The molecule has 0 amide bonds. The van der Waals surface area contributed by atoms with Gasteiger partial charge in [0.25, 0.3) is 0 Å². The molecule has 0 spiro atoms. The van der Waals surface area contributed by atoms with Crippen LogP contribution in [0.1, 0.15) is 5.56 Å². The van der Waals surface area contributed by atoms with Gasteiger partial charge in [-0.3, -0.25) is 0 Å². The minimum absolute atomic E-state index is 0.620. The maximum atomic E-state index is 5.38. The molecular weight excluding hydrogens is 308 g/mol. The molecule has 0 atom stereocenters. The summed E-state index contributed by atoms with van der Waals surface area (Å²) in [6, 6.07) is 9.66. The van der Waals surface area contributed by atoms with Crippen LogP contribution in [0.5, 0.6) is 11.5 Å². The van der Waals surface area contributed by atoms with Crippen molar-refractivity contribution < 1.29 is 9.47 Å². The van der Waals surface area contributed by atoms with Crippen molar-refractivity contribution in [2.45, 2.75) is 6.54 Å². The molecule has 100 valence electrons. The summed E-state index contributed by atoms with van der Waals surface area (Å²) >= 11 is 3.36. The van der Waals surface area contributed by atoms with E-state index in [9.17, 15) is 0 Å². The van der Waals surface area contributed by atoms with Gasteiger partial charge in [-0.2, -0.15) is 0 Å². The first-order chi connectivity index (χ1) is 9.24. The van der Waals surface area contributed by atoms with Crippen LogP contribution in [0.2, 0.25) is 0 Å². The first-order valence-corrected chi connectivity index (χ1v) is 6.59. The van der Waals surface area contributed by atoms with Crippen LogP contribution in [0, 0.1) is 0 Å². The third-order valence-electron chi connectivity index (χ3n) is 2.67. The van der Waals surface area contributed by atoms with Crippen molar-refractivity contribution in [2.24, 2.45) is 0 Å². The molecule has 0 saturated heterocycles. The molecule has 0 radical (unpaired) electrons. The third kappa shape index (κ3) is 3.38. The summed E-state index contributed by atoms with van der Waals surface area (Å²) in [7, 11) is 3.27. The van der Waals surface area contributed by atoms with E-state index in [-0.39, 0.29) is 0 Å². The van der Waals surface area contributed by atoms with E-state index in [1.807, 2.05) is 30.3 Å². The summed E-state index contributed by atoms with van der Waals surface area (Å²) in [4.78, 5) is 4.26. The first kappa shape index (κ1) is 13.7. The van der Waals surface area contributed by atoms with Gasteiger partial charge in [-0.1, -0.05) is 12.1 Å². The molecule has 4 nitrogen and oxygen atoms in total. The number of anilines is 1. The minimum Gasteiger partial charge on any atom is -0.493 e. The average molecular weight is 323 g/mol. The molecule has 2 rings (SSSR count). The fraction of sp³-hybridized carbons (Fsp3) is 0.214. The van der Waals surface area contributed by atoms with Gasteiger partial charge in [0.2, 0.25) is 0 Å². The zero-order valence-corrected chi connectivity index (χ0v) is 12.4. The Morgan fingerprint density at radius 3 is 2.63 bits per heavy atom. The summed E-state index contributed by atoms with van der Waals surface area (Å²) in [6.07, 6.45) is 1.76. The van der Waals surface area contributed by atoms with Gasteiger partial charge >= 0.3 is 0 Å². The fourth-order valence-corrected chi connectivity index (χ4v) is 1.99. The van der Waals surface area contributed by atoms with E-state index in [1.54, 1.807) is 20.4 Å². The lowest BCUT2D eigenvalue weighted by Gasteiger charge is -2.13. The Kier molecular flexibility index (Phi) is 4.63. The number of hydrogen-bond acceptors (Lipinski definition) is 4. The maximum Gasteiger partial charge on any atom is 0.165 e. The lowest BCUT2D eigenvalue weighted by molar-refractivity contribution is 0.352. The molecule has 1 N–H and O–H groups in total. The Hall–Kier alpha value is -1.75. The SMILES string of the molecule is COc1cccc(CNc2ccc(Br)cn2)c1OC. The maximum absolute atomic E-state index is 5.38. The van der Waals surface area contributed by atoms with E-state index in [4.69, 9.17) is 9.47 Å². The highest BCUT2D eigenvalue weighted by Gasteiger charge is 2.09. The molecule has 1 aromatic heterocycles. The van der Waals surface area contributed by atoms with E-state index < -0.39 is 0 Å². The number of hydrogen-bond donors (Lipinski definition) is 1. The van der Waals surface area contributed by atoms with Crippen molar-refractivity contribution in [1.82, 2.24) is 4.98 Å². The van der Waals surface area contributed by atoms with Crippen LogP contribution in [0.25, 0.3) is 0 Å². The first-order valence-electron chi connectivity index (χ1n) is 5.80. The Morgan fingerprint density at radius 1 is 1.16 bits per heavy atom. The Bertz CT molecular complexity index is 544. The molecule has 2 aromatic rings. The average Bonchev–Trinajstić information content (AvgIpc) is 2.46. The van der Waals surface area contributed by atoms with E-state index in [2.05, 4.69) is 26.2 Å². The summed E-state index contributed by atoms with van der Waals surface area (Å²) < 4.78 is 11.6. The minimum atomic E-state index is 0.620. The van der Waals surface area contributed by atoms with Gasteiger partial charge in [0.05, 0.1) is 14.2 Å². The molecule has 1 heterocycles. The van der Waals surface area contributed by atoms with Crippen molar-refractivity contribution in [3.63, 3.8) is 0 Å². The van der Waals surface area contributed by atoms with Crippen molar-refractivity contribution >= 4 is 21.7 Å². The highest BCUT2D eigenvalue weighted by atomic mass is 79.9. The van der Waals surface area contributed by atoms with Gasteiger partial charge in [-0.25, -0.2) is 4.98 Å². The van der Waals surface area contributed by atoms with Crippen molar-refractivity contribution in [1.29, 1.82) is 0 Å². The molecule has 0 unspecified atom stereocenters. The summed E-state index contributed by atoms with van der Waals surface area (Å²) in [6.45, 7) is 0.620. The van der Waals surface area contributed by atoms with E-state index in [0.29, 0.717) is 6.54 Å². The zero-order valence-electron chi connectivity index (χ0n) is 10.8. The summed E-state index contributed by atoms with van der Waals surface area (Å²) in [5.74, 6) is 2.29.